The Kier molecular flexibility index (Phi) is 3.19. The standard InChI is InChI=1S/C10H14N2O4/c1-2-15-4-3-8-11-9(16-12-8)6-5-7(6)10(13)14/h6-7H,2-5H2,1H3,(H,13,14). The topological polar surface area (TPSA) is 85.5 Å². The van der Waals surface area contributed by atoms with E-state index in [2.05, 4.69) is 10.1 Å². The number of carboxylic acids is 1. The van der Waals surface area contributed by atoms with Gasteiger partial charge in [0.2, 0.25) is 5.89 Å². The monoisotopic (exact) mass is 226 g/mol. The van der Waals surface area contributed by atoms with Gasteiger partial charge in [-0.2, -0.15) is 4.98 Å². The van der Waals surface area contributed by atoms with Crippen molar-refractivity contribution in [2.24, 2.45) is 5.92 Å². The summed E-state index contributed by atoms with van der Waals surface area (Å²) >= 11 is 0. The van der Waals surface area contributed by atoms with E-state index in [0.29, 0.717) is 37.8 Å². The van der Waals surface area contributed by atoms with Gasteiger partial charge in [-0.15, -0.1) is 0 Å². The fourth-order valence-corrected chi connectivity index (χ4v) is 1.57. The molecule has 0 aromatic carbocycles. The number of hydrogen-bond acceptors (Lipinski definition) is 5. The quantitative estimate of drug-likeness (QED) is 0.723. The summed E-state index contributed by atoms with van der Waals surface area (Å²) in [5.41, 5.74) is 0. The third-order valence-corrected chi connectivity index (χ3v) is 2.58. The molecule has 1 fully saturated rings. The Morgan fingerprint density at radius 2 is 2.50 bits per heavy atom. The fraction of sp³-hybridized carbons (Fsp3) is 0.700. The molecule has 0 aliphatic heterocycles. The Morgan fingerprint density at radius 3 is 3.12 bits per heavy atom. The summed E-state index contributed by atoms with van der Waals surface area (Å²) in [7, 11) is 0. The highest BCUT2D eigenvalue weighted by Crippen LogP contribution is 2.46. The molecule has 2 rings (SSSR count). The van der Waals surface area contributed by atoms with Crippen LogP contribution < -0.4 is 0 Å². The zero-order valence-electron chi connectivity index (χ0n) is 9.05. The van der Waals surface area contributed by atoms with Gasteiger partial charge < -0.3 is 14.4 Å². The molecule has 1 saturated carbocycles. The highest BCUT2D eigenvalue weighted by molar-refractivity contribution is 5.74. The average Bonchev–Trinajstić information content (AvgIpc) is 2.93. The second-order valence-corrected chi connectivity index (χ2v) is 3.78. The van der Waals surface area contributed by atoms with Crippen LogP contribution in [0.15, 0.2) is 4.52 Å². The van der Waals surface area contributed by atoms with Gasteiger partial charge >= 0.3 is 5.97 Å². The number of aromatic nitrogens is 2. The molecule has 2 unspecified atom stereocenters. The minimum Gasteiger partial charge on any atom is -0.481 e. The van der Waals surface area contributed by atoms with Gasteiger partial charge in [0.25, 0.3) is 0 Å². The molecule has 6 heteroatoms. The first kappa shape index (κ1) is 11.1. The maximum atomic E-state index is 10.7. The third kappa shape index (κ3) is 2.38. The average molecular weight is 226 g/mol. The molecular weight excluding hydrogens is 212 g/mol. The van der Waals surface area contributed by atoms with Crippen LogP contribution in [0, 0.1) is 5.92 Å². The lowest BCUT2D eigenvalue weighted by Gasteiger charge is -1.94. The number of hydrogen-bond donors (Lipinski definition) is 1. The normalized spacial score (nSPS) is 23.3. The van der Waals surface area contributed by atoms with Gasteiger partial charge in [-0.3, -0.25) is 4.79 Å². The Hall–Kier alpha value is -1.43. The van der Waals surface area contributed by atoms with E-state index < -0.39 is 5.97 Å². The van der Waals surface area contributed by atoms with E-state index in [9.17, 15) is 4.79 Å². The van der Waals surface area contributed by atoms with Crippen molar-refractivity contribution in [1.29, 1.82) is 0 Å². The van der Waals surface area contributed by atoms with Crippen molar-refractivity contribution >= 4 is 5.97 Å². The lowest BCUT2D eigenvalue weighted by Crippen LogP contribution is -2.00. The van der Waals surface area contributed by atoms with E-state index in [1.807, 2.05) is 6.92 Å². The molecule has 1 aromatic rings. The van der Waals surface area contributed by atoms with Gasteiger partial charge in [-0.25, -0.2) is 0 Å². The van der Waals surface area contributed by atoms with Crippen LogP contribution in [-0.4, -0.2) is 34.4 Å². The van der Waals surface area contributed by atoms with Gasteiger partial charge in [0.05, 0.1) is 18.4 Å². The molecule has 2 atom stereocenters. The van der Waals surface area contributed by atoms with Crippen molar-refractivity contribution in [1.82, 2.24) is 10.1 Å². The molecule has 1 aromatic heterocycles. The summed E-state index contributed by atoms with van der Waals surface area (Å²) < 4.78 is 10.2. The van der Waals surface area contributed by atoms with Crippen LogP contribution in [0.4, 0.5) is 0 Å². The lowest BCUT2D eigenvalue weighted by molar-refractivity contribution is -0.138. The largest absolute Gasteiger partial charge is 0.481 e. The Morgan fingerprint density at radius 1 is 1.69 bits per heavy atom. The number of aliphatic carboxylic acids is 1. The molecule has 1 aliphatic carbocycles. The van der Waals surface area contributed by atoms with Crippen molar-refractivity contribution in [2.45, 2.75) is 25.7 Å². The summed E-state index contributed by atoms with van der Waals surface area (Å²) in [6.07, 6.45) is 1.20. The van der Waals surface area contributed by atoms with Crippen LogP contribution in [0.25, 0.3) is 0 Å². The SMILES string of the molecule is CCOCCc1noc(C2CC2C(=O)O)n1. The van der Waals surface area contributed by atoms with Gasteiger partial charge in [-0.05, 0) is 13.3 Å². The van der Waals surface area contributed by atoms with Crippen molar-refractivity contribution < 1.29 is 19.2 Å². The van der Waals surface area contributed by atoms with Gasteiger partial charge in [-0.1, -0.05) is 5.16 Å². The molecule has 1 aliphatic rings. The van der Waals surface area contributed by atoms with Gasteiger partial charge in [0.1, 0.15) is 0 Å². The minimum atomic E-state index is -0.793. The van der Waals surface area contributed by atoms with Crippen LogP contribution in [0.2, 0.25) is 0 Å². The summed E-state index contributed by atoms with van der Waals surface area (Å²) in [6, 6.07) is 0. The van der Waals surface area contributed by atoms with Crippen molar-refractivity contribution in [3.63, 3.8) is 0 Å². The molecular formula is C10H14N2O4. The second kappa shape index (κ2) is 4.61. The second-order valence-electron chi connectivity index (χ2n) is 3.78. The predicted molar refractivity (Wildman–Crippen MR) is 53.0 cm³/mol. The van der Waals surface area contributed by atoms with E-state index >= 15 is 0 Å². The summed E-state index contributed by atoms with van der Waals surface area (Å²) in [5, 5.41) is 12.5. The van der Waals surface area contributed by atoms with Crippen LogP contribution in [-0.2, 0) is 16.0 Å². The number of rotatable bonds is 6. The van der Waals surface area contributed by atoms with Crippen molar-refractivity contribution in [3.05, 3.63) is 11.7 Å². The Bertz CT molecular complexity index is 377. The first-order valence-corrected chi connectivity index (χ1v) is 5.35. The fourth-order valence-electron chi connectivity index (χ4n) is 1.57. The number of carboxylic acid groups (broad SMARTS) is 1. The number of carbonyl (C=O) groups is 1. The molecule has 6 nitrogen and oxygen atoms in total. The van der Waals surface area contributed by atoms with E-state index in [0.717, 1.165) is 0 Å². The molecule has 0 amide bonds. The third-order valence-electron chi connectivity index (χ3n) is 2.58. The van der Waals surface area contributed by atoms with Crippen LogP contribution >= 0.6 is 0 Å². The molecule has 88 valence electrons. The van der Waals surface area contributed by atoms with Crippen molar-refractivity contribution in [2.75, 3.05) is 13.2 Å². The first-order chi connectivity index (χ1) is 7.72. The Labute approximate surface area is 92.6 Å². The molecule has 0 spiro atoms. The van der Waals surface area contributed by atoms with Crippen LogP contribution in [0.1, 0.15) is 31.0 Å². The van der Waals surface area contributed by atoms with E-state index in [4.69, 9.17) is 14.4 Å². The summed E-state index contributed by atoms with van der Waals surface area (Å²) in [4.78, 5) is 14.8. The smallest absolute Gasteiger partial charge is 0.307 e. The van der Waals surface area contributed by atoms with E-state index in [1.54, 1.807) is 0 Å². The first-order valence-electron chi connectivity index (χ1n) is 5.35. The van der Waals surface area contributed by atoms with E-state index in [1.165, 1.54) is 0 Å². The highest BCUT2D eigenvalue weighted by atomic mass is 16.5. The van der Waals surface area contributed by atoms with Crippen LogP contribution in [0.3, 0.4) is 0 Å². The molecule has 1 heterocycles. The molecule has 0 bridgehead atoms. The van der Waals surface area contributed by atoms with Crippen molar-refractivity contribution in [3.8, 4) is 0 Å². The van der Waals surface area contributed by atoms with Gasteiger partial charge in [0.15, 0.2) is 5.82 Å². The summed E-state index contributed by atoms with van der Waals surface area (Å²) in [6.45, 7) is 3.14. The number of nitrogens with zero attached hydrogens (tertiary/aromatic N) is 2. The zero-order chi connectivity index (χ0) is 11.5. The molecule has 0 saturated heterocycles. The highest BCUT2D eigenvalue weighted by Gasteiger charge is 2.48. The molecule has 16 heavy (non-hydrogen) atoms. The minimum absolute atomic E-state index is 0.0918. The van der Waals surface area contributed by atoms with Crippen LogP contribution in [0.5, 0.6) is 0 Å². The predicted octanol–water partition coefficient (Wildman–Crippen LogP) is 0.837. The number of ether oxygens (including phenoxy) is 1. The molecule has 1 N–H and O–H groups in total. The van der Waals surface area contributed by atoms with E-state index in [-0.39, 0.29) is 11.8 Å². The summed E-state index contributed by atoms with van der Waals surface area (Å²) in [5.74, 6) is -0.205. The zero-order valence-corrected chi connectivity index (χ0v) is 9.05. The maximum absolute atomic E-state index is 10.7. The lowest BCUT2D eigenvalue weighted by atomic mass is 10.3. The molecule has 0 radical (unpaired) electrons. The maximum Gasteiger partial charge on any atom is 0.307 e. The Balaban J connectivity index is 1.86. The van der Waals surface area contributed by atoms with Gasteiger partial charge in [0, 0.05) is 13.0 Å².